The fraction of sp³-hybridized carbons (Fsp3) is 0.667. The summed E-state index contributed by atoms with van der Waals surface area (Å²) in [6, 6.07) is 6.69. The Labute approximate surface area is 118 Å². The van der Waals surface area contributed by atoms with Gasteiger partial charge >= 0.3 is 0 Å². The highest BCUT2D eigenvalue weighted by molar-refractivity contribution is 5.37. The van der Waals surface area contributed by atoms with E-state index in [-0.39, 0.29) is 0 Å². The molecule has 1 heteroatoms. The van der Waals surface area contributed by atoms with Crippen LogP contribution in [0.2, 0.25) is 0 Å². The standard InChI is InChI=1S/C18H28O/c1-2-3-4-5-6-9-14-19-18-13-12-16-10-7-8-11-17(16)15-18/h12-13,15H,2-11,14H2,1H3. The van der Waals surface area contributed by atoms with Crippen LogP contribution < -0.4 is 4.74 Å². The van der Waals surface area contributed by atoms with E-state index in [1.807, 2.05) is 0 Å². The molecule has 0 saturated carbocycles. The van der Waals surface area contributed by atoms with E-state index < -0.39 is 0 Å². The number of rotatable bonds is 8. The predicted molar refractivity (Wildman–Crippen MR) is 82.0 cm³/mol. The maximum atomic E-state index is 5.88. The number of fused-ring (bicyclic) bond motifs is 1. The van der Waals surface area contributed by atoms with E-state index in [1.54, 1.807) is 0 Å². The Kier molecular flexibility index (Phi) is 6.26. The number of unbranched alkanes of at least 4 members (excludes halogenated alkanes) is 5. The van der Waals surface area contributed by atoms with E-state index in [0.29, 0.717) is 0 Å². The van der Waals surface area contributed by atoms with E-state index in [0.717, 1.165) is 12.4 Å². The molecule has 1 aromatic carbocycles. The monoisotopic (exact) mass is 260 g/mol. The van der Waals surface area contributed by atoms with Gasteiger partial charge in [-0.15, -0.1) is 0 Å². The molecule has 1 nitrogen and oxygen atoms in total. The van der Waals surface area contributed by atoms with Gasteiger partial charge in [0.2, 0.25) is 0 Å². The first-order chi connectivity index (χ1) is 9.40. The van der Waals surface area contributed by atoms with Crippen molar-refractivity contribution in [3.8, 4) is 5.75 Å². The van der Waals surface area contributed by atoms with Crippen molar-refractivity contribution in [1.29, 1.82) is 0 Å². The van der Waals surface area contributed by atoms with Crippen LogP contribution in [0.5, 0.6) is 5.75 Å². The zero-order valence-electron chi connectivity index (χ0n) is 12.4. The number of hydrogen-bond acceptors (Lipinski definition) is 1. The summed E-state index contributed by atoms with van der Waals surface area (Å²) in [5, 5.41) is 0. The second kappa shape index (κ2) is 8.24. The largest absolute Gasteiger partial charge is 0.494 e. The molecular formula is C18H28O. The Morgan fingerprint density at radius 2 is 1.63 bits per heavy atom. The van der Waals surface area contributed by atoms with Crippen molar-refractivity contribution in [1.82, 2.24) is 0 Å². The first kappa shape index (κ1) is 14.4. The molecule has 0 amide bonds. The molecule has 0 radical (unpaired) electrons. The van der Waals surface area contributed by atoms with Crippen molar-refractivity contribution in [2.24, 2.45) is 0 Å². The normalized spacial score (nSPS) is 14.2. The molecule has 0 bridgehead atoms. The van der Waals surface area contributed by atoms with Crippen molar-refractivity contribution in [3.63, 3.8) is 0 Å². The maximum absolute atomic E-state index is 5.88. The molecule has 0 saturated heterocycles. The fourth-order valence-electron chi connectivity index (χ4n) is 2.87. The highest BCUT2D eigenvalue weighted by Crippen LogP contribution is 2.25. The highest BCUT2D eigenvalue weighted by atomic mass is 16.5. The Morgan fingerprint density at radius 1 is 0.895 bits per heavy atom. The molecule has 0 aromatic heterocycles. The van der Waals surface area contributed by atoms with Gasteiger partial charge in [-0.2, -0.15) is 0 Å². The first-order valence-corrected chi connectivity index (χ1v) is 8.15. The molecule has 1 aliphatic rings. The smallest absolute Gasteiger partial charge is 0.119 e. The number of ether oxygens (including phenoxy) is 1. The van der Waals surface area contributed by atoms with Gasteiger partial charge < -0.3 is 4.74 Å². The van der Waals surface area contributed by atoms with Crippen LogP contribution in [0.3, 0.4) is 0 Å². The van der Waals surface area contributed by atoms with Crippen LogP contribution in [0.25, 0.3) is 0 Å². The molecule has 2 rings (SSSR count). The summed E-state index contributed by atoms with van der Waals surface area (Å²) >= 11 is 0. The third-order valence-electron chi connectivity index (χ3n) is 4.09. The van der Waals surface area contributed by atoms with Gasteiger partial charge in [0.15, 0.2) is 0 Å². The summed E-state index contributed by atoms with van der Waals surface area (Å²) in [5.74, 6) is 1.08. The van der Waals surface area contributed by atoms with Crippen LogP contribution in [0.4, 0.5) is 0 Å². The first-order valence-electron chi connectivity index (χ1n) is 8.15. The minimum atomic E-state index is 0.880. The molecule has 0 fully saturated rings. The summed E-state index contributed by atoms with van der Waals surface area (Å²) in [6.45, 7) is 3.14. The topological polar surface area (TPSA) is 9.23 Å². The van der Waals surface area contributed by atoms with Crippen molar-refractivity contribution in [3.05, 3.63) is 29.3 Å². The van der Waals surface area contributed by atoms with Gasteiger partial charge in [-0.1, -0.05) is 45.1 Å². The van der Waals surface area contributed by atoms with E-state index in [4.69, 9.17) is 4.74 Å². The quantitative estimate of drug-likeness (QED) is 0.576. The van der Waals surface area contributed by atoms with Gasteiger partial charge in [-0.05, 0) is 55.4 Å². The average molecular weight is 260 g/mol. The molecule has 0 heterocycles. The van der Waals surface area contributed by atoms with E-state index in [2.05, 4.69) is 25.1 Å². The molecule has 0 spiro atoms. The van der Waals surface area contributed by atoms with E-state index in [9.17, 15) is 0 Å². The average Bonchev–Trinajstić information content (AvgIpc) is 2.46. The Morgan fingerprint density at radius 3 is 2.47 bits per heavy atom. The van der Waals surface area contributed by atoms with Gasteiger partial charge in [0, 0.05) is 0 Å². The minimum Gasteiger partial charge on any atom is -0.494 e. The van der Waals surface area contributed by atoms with Crippen molar-refractivity contribution < 1.29 is 4.74 Å². The maximum Gasteiger partial charge on any atom is 0.119 e. The van der Waals surface area contributed by atoms with Gasteiger partial charge in [0.25, 0.3) is 0 Å². The Hall–Kier alpha value is -0.980. The molecule has 0 atom stereocenters. The molecule has 19 heavy (non-hydrogen) atoms. The van der Waals surface area contributed by atoms with Crippen LogP contribution in [0, 0.1) is 0 Å². The Bertz CT molecular complexity index is 370. The lowest BCUT2D eigenvalue weighted by Crippen LogP contribution is -2.04. The van der Waals surface area contributed by atoms with Crippen molar-refractivity contribution >= 4 is 0 Å². The number of hydrogen-bond donors (Lipinski definition) is 0. The van der Waals surface area contributed by atoms with E-state index >= 15 is 0 Å². The summed E-state index contributed by atoms with van der Waals surface area (Å²) < 4.78 is 5.88. The third-order valence-corrected chi connectivity index (χ3v) is 4.09. The van der Waals surface area contributed by atoms with Crippen LogP contribution in [0.1, 0.15) is 69.4 Å². The third kappa shape index (κ3) is 4.89. The highest BCUT2D eigenvalue weighted by Gasteiger charge is 2.09. The zero-order valence-corrected chi connectivity index (χ0v) is 12.4. The molecule has 0 aliphatic heterocycles. The van der Waals surface area contributed by atoms with Gasteiger partial charge in [-0.25, -0.2) is 0 Å². The molecule has 0 unspecified atom stereocenters. The number of benzene rings is 1. The lowest BCUT2D eigenvalue weighted by molar-refractivity contribution is 0.304. The zero-order chi connectivity index (χ0) is 13.3. The lowest BCUT2D eigenvalue weighted by Gasteiger charge is -2.16. The van der Waals surface area contributed by atoms with Crippen molar-refractivity contribution in [2.45, 2.75) is 71.1 Å². The van der Waals surface area contributed by atoms with Crippen LogP contribution in [-0.2, 0) is 12.8 Å². The van der Waals surface area contributed by atoms with Crippen LogP contribution in [0.15, 0.2) is 18.2 Å². The van der Waals surface area contributed by atoms with Crippen LogP contribution >= 0.6 is 0 Å². The lowest BCUT2D eigenvalue weighted by atomic mass is 9.92. The fourth-order valence-corrected chi connectivity index (χ4v) is 2.87. The van der Waals surface area contributed by atoms with Crippen molar-refractivity contribution in [2.75, 3.05) is 6.61 Å². The SMILES string of the molecule is CCCCCCCCOc1ccc2c(c1)CCCC2. The van der Waals surface area contributed by atoms with Gasteiger partial charge in [0.05, 0.1) is 6.61 Å². The van der Waals surface area contributed by atoms with Gasteiger partial charge in [0.1, 0.15) is 5.75 Å². The minimum absolute atomic E-state index is 0.880. The summed E-state index contributed by atoms with van der Waals surface area (Å²) in [6.07, 6.45) is 13.1. The summed E-state index contributed by atoms with van der Waals surface area (Å²) in [4.78, 5) is 0. The van der Waals surface area contributed by atoms with Gasteiger partial charge in [-0.3, -0.25) is 0 Å². The molecule has 106 valence electrons. The Balaban J connectivity index is 1.66. The molecule has 1 aromatic rings. The molecular weight excluding hydrogens is 232 g/mol. The molecule has 1 aliphatic carbocycles. The predicted octanol–water partition coefficient (Wildman–Crippen LogP) is 5.30. The van der Waals surface area contributed by atoms with E-state index in [1.165, 1.54) is 75.3 Å². The number of aryl methyl sites for hydroxylation is 2. The summed E-state index contributed by atoms with van der Waals surface area (Å²) in [7, 11) is 0. The molecule has 0 N–H and O–H groups in total. The van der Waals surface area contributed by atoms with Crippen LogP contribution in [-0.4, -0.2) is 6.61 Å². The second-order valence-electron chi connectivity index (χ2n) is 5.75. The summed E-state index contributed by atoms with van der Waals surface area (Å²) in [5.41, 5.74) is 3.06. The second-order valence-corrected chi connectivity index (χ2v) is 5.75.